The Morgan fingerprint density at radius 3 is 2.50 bits per heavy atom. The van der Waals surface area contributed by atoms with Crippen molar-refractivity contribution in [1.82, 2.24) is 3.53 Å². The second kappa shape index (κ2) is 5.68. The van der Waals surface area contributed by atoms with Gasteiger partial charge in [0.2, 0.25) is 0 Å². The molecule has 3 heteroatoms. The van der Waals surface area contributed by atoms with Gasteiger partial charge < -0.3 is 5.11 Å². The predicted molar refractivity (Wildman–Crippen MR) is 67.3 cm³/mol. The van der Waals surface area contributed by atoms with Gasteiger partial charge in [0.25, 0.3) is 0 Å². The van der Waals surface area contributed by atoms with Gasteiger partial charge in [-0.3, -0.25) is 3.53 Å². The first-order valence-electron chi connectivity index (χ1n) is 4.84. The molecule has 0 bridgehead atoms. The third kappa shape index (κ3) is 2.93. The summed E-state index contributed by atoms with van der Waals surface area (Å²) in [6.07, 6.45) is 1.76. The summed E-state index contributed by atoms with van der Waals surface area (Å²) in [5, 5.41) is 10.4. The number of hydrogen-bond acceptors (Lipinski definition) is 2. The fraction of sp³-hybridized carbons (Fsp3) is 0.455. The fourth-order valence-electron chi connectivity index (χ4n) is 1.61. The van der Waals surface area contributed by atoms with Gasteiger partial charge in [0.15, 0.2) is 0 Å². The molecule has 0 aromatic heterocycles. The van der Waals surface area contributed by atoms with Crippen molar-refractivity contribution < 1.29 is 5.11 Å². The highest BCUT2D eigenvalue weighted by Gasteiger charge is 2.27. The van der Waals surface area contributed by atoms with Crippen LogP contribution in [-0.4, -0.2) is 11.7 Å². The molecule has 0 saturated carbocycles. The van der Waals surface area contributed by atoms with Crippen molar-refractivity contribution in [2.45, 2.75) is 25.4 Å². The van der Waals surface area contributed by atoms with Gasteiger partial charge >= 0.3 is 0 Å². The normalized spacial score (nSPS) is 15.1. The van der Waals surface area contributed by atoms with E-state index in [0.29, 0.717) is 6.54 Å². The predicted octanol–water partition coefficient (Wildman–Crippen LogP) is 2.61. The average molecular weight is 305 g/mol. The zero-order valence-electron chi connectivity index (χ0n) is 8.33. The van der Waals surface area contributed by atoms with Crippen LogP contribution in [0.2, 0.25) is 0 Å². The molecule has 14 heavy (non-hydrogen) atoms. The lowest BCUT2D eigenvalue weighted by atomic mass is 9.89. The number of rotatable bonds is 5. The SMILES string of the molecule is CCCC(O)(CNI)c1ccccc1. The zero-order valence-corrected chi connectivity index (χ0v) is 10.5. The van der Waals surface area contributed by atoms with E-state index in [4.69, 9.17) is 0 Å². The second-order valence-electron chi connectivity index (χ2n) is 3.46. The second-order valence-corrected chi connectivity index (χ2v) is 4.22. The molecule has 1 aromatic carbocycles. The molecule has 0 amide bonds. The van der Waals surface area contributed by atoms with Crippen LogP contribution in [0.3, 0.4) is 0 Å². The molecule has 1 rings (SSSR count). The zero-order chi connectivity index (χ0) is 10.4. The standard InChI is InChI=1S/C11H16INO/c1-2-8-11(14,9-13-12)10-6-4-3-5-7-10/h3-7,13-14H,2,8-9H2,1H3. The summed E-state index contributed by atoms with van der Waals surface area (Å²) in [6.45, 7) is 2.67. The van der Waals surface area contributed by atoms with Gasteiger partial charge in [-0.05, 0) is 12.0 Å². The van der Waals surface area contributed by atoms with E-state index < -0.39 is 5.60 Å². The summed E-state index contributed by atoms with van der Waals surface area (Å²) >= 11 is 2.07. The van der Waals surface area contributed by atoms with Crippen molar-refractivity contribution in [3.05, 3.63) is 35.9 Å². The molecule has 0 aliphatic carbocycles. The Morgan fingerprint density at radius 1 is 1.36 bits per heavy atom. The van der Waals surface area contributed by atoms with Gasteiger partial charge in [-0.25, -0.2) is 0 Å². The van der Waals surface area contributed by atoms with Crippen molar-refractivity contribution in [3.63, 3.8) is 0 Å². The molecule has 0 fully saturated rings. The number of benzene rings is 1. The van der Waals surface area contributed by atoms with Crippen LogP contribution >= 0.6 is 22.9 Å². The van der Waals surface area contributed by atoms with E-state index >= 15 is 0 Å². The highest BCUT2D eigenvalue weighted by atomic mass is 127. The number of hydrogen-bond donors (Lipinski definition) is 2. The molecule has 0 aliphatic heterocycles. The van der Waals surface area contributed by atoms with E-state index in [2.05, 4.69) is 33.3 Å². The van der Waals surface area contributed by atoms with E-state index in [0.717, 1.165) is 18.4 Å². The van der Waals surface area contributed by atoms with E-state index in [9.17, 15) is 5.11 Å². The maximum Gasteiger partial charge on any atom is 0.103 e. The molecule has 2 N–H and O–H groups in total. The smallest absolute Gasteiger partial charge is 0.103 e. The van der Waals surface area contributed by atoms with Crippen LogP contribution < -0.4 is 3.53 Å². The molecular formula is C11H16INO. The Bertz CT molecular complexity index is 257. The van der Waals surface area contributed by atoms with Crippen molar-refractivity contribution in [3.8, 4) is 0 Å². The third-order valence-corrected chi connectivity index (χ3v) is 2.72. The van der Waals surface area contributed by atoms with Gasteiger partial charge in [-0.1, -0.05) is 43.7 Å². The van der Waals surface area contributed by atoms with Gasteiger partial charge in [-0.2, -0.15) is 0 Å². The van der Waals surface area contributed by atoms with E-state index in [-0.39, 0.29) is 0 Å². The van der Waals surface area contributed by atoms with Gasteiger partial charge in [0.05, 0.1) is 0 Å². The van der Waals surface area contributed by atoms with Gasteiger partial charge in [-0.15, -0.1) is 0 Å². The average Bonchev–Trinajstić information content (AvgIpc) is 2.20. The largest absolute Gasteiger partial charge is 0.384 e. The highest BCUT2D eigenvalue weighted by Crippen LogP contribution is 2.25. The molecule has 78 valence electrons. The summed E-state index contributed by atoms with van der Waals surface area (Å²) in [5.41, 5.74) is 0.267. The first kappa shape index (κ1) is 11.9. The fourth-order valence-corrected chi connectivity index (χ4v) is 2.24. The van der Waals surface area contributed by atoms with E-state index in [1.807, 2.05) is 30.3 Å². The molecule has 1 aromatic rings. The van der Waals surface area contributed by atoms with E-state index in [1.165, 1.54) is 0 Å². The molecule has 0 heterocycles. The molecule has 0 spiro atoms. The quantitative estimate of drug-likeness (QED) is 0.647. The summed E-state index contributed by atoms with van der Waals surface area (Å²) in [4.78, 5) is 0. The number of aliphatic hydroxyl groups is 1. The van der Waals surface area contributed by atoms with Gasteiger partial charge in [0, 0.05) is 29.4 Å². The Hall–Kier alpha value is -0.130. The summed E-state index contributed by atoms with van der Waals surface area (Å²) in [6, 6.07) is 9.84. The lowest BCUT2D eigenvalue weighted by Gasteiger charge is -2.27. The Labute approximate surface area is 99.2 Å². The first-order valence-corrected chi connectivity index (χ1v) is 5.92. The maximum absolute atomic E-state index is 10.4. The molecular weight excluding hydrogens is 289 g/mol. The monoisotopic (exact) mass is 305 g/mol. The van der Waals surface area contributed by atoms with Crippen LogP contribution in [0.5, 0.6) is 0 Å². The van der Waals surface area contributed by atoms with Crippen molar-refractivity contribution in [2.75, 3.05) is 6.54 Å². The lowest BCUT2D eigenvalue weighted by molar-refractivity contribution is 0.0339. The maximum atomic E-state index is 10.4. The van der Waals surface area contributed by atoms with Crippen molar-refractivity contribution >= 4 is 22.9 Å². The lowest BCUT2D eigenvalue weighted by Crippen LogP contribution is -2.34. The topological polar surface area (TPSA) is 32.3 Å². The van der Waals surface area contributed by atoms with Crippen molar-refractivity contribution in [2.24, 2.45) is 0 Å². The summed E-state index contributed by atoms with van der Waals surface area (Å²) < 4.78 is 3.01. The molecule has 0 radical (unpaired) electrons. The number of halogens is 1. The van der Waals surface area contributed by atoms with Crippen LogP contribution in [0.1, 0.15) is 25.3 Å². The Morgan fingerprint density at radius 2 is 2.00 bits per heavy atom. The highest BCUT2D eigenvalue weighted by molar-refractivity contribution is 14.1. The van der Waals surface area contributed by atoms with Gasteiger partial charge in [0.1, 0.15) is 5.60 Å². The molecule has 2 nitrogen and oxygen atoms in total. The summed E-state index contributed by atoms with van der Waals surface area (Å²) in [7, 11) is 0. The van der Waals surface area contributed by atoms with E-state index in [1.54, 1.807) is 0 Å². The number of nitrogens with one attached hydrogen (secondary N) is 1. The van der Waals surface area contributed by atoms with Crippen LogP contribution in [-0.2, 0) is 5.60 Å². The summed E-state index contributed by atoms with van der Waals surface area (Å²) in [5.74, 6) is 0. The van der Waals surface area contributed by atoms with Crippen molar-refractivity contribution in [1.29, 1.82) is 0 Å². The molecule has 1 atom stereocenters. The Balaban J connectivity index is 2.87. The van der Waals surface area contributed by atoms with Crippen LogP contribution in [0, 0.1) is 0 Å². The minimum Gasteiger partial charge on any atom is -0.384 e. The molecule has 1 unspecified atom stereocenters. The van der Waals surface area contributed by atoms with Crippen LogP contribution in [0.4, 0.5) is 0 Å². The Kier molecular flexibility index (Phi) is 4.84. The van der Waals surface area contributed by atoms with Crippen LogP contribution in [0.15, 0.2) is 30.3 Å². The third-order valence-electron chi connectivity index (χ3n) is 2.33. The first-order chi connectivity index (χ1) is 6.73. The minimum absolute atomic E-state index is 0.589. The minimum atomic E-state index is -0.725. The van der Waals surface area contributed by atoms with Crippen LogP contribution in [0.25, 0.3) is 0 Å². The molecule has 0 aliphatic rings. The molecule has 0 saturated heterocycles.